The predicted octanol–water partition coefficient (Wildman–Crippen LogP) is 4.08. The number of hydrogen-bond acceptors (Lipinski definition) is 3. The second-order valence-corrected chi connectivity index (χ2v) is 5.10. The summed E-state index contributed by atoms with van der Waals surface area (Å²) in [5.41, 5.74) is 6.63. The van der Waals surface area contributed by atoms with Gasteiger partial charge < -0.3 is 0 Å². The van der Waals surface area contributed by atoms with E-state index in [0.29, 0.717) is 6.54 Å². The molecule has 0 saturated heterocycles. The molecule has 23 heavy (non-hydrogen) atoms. The summed E-state index contributed by atoms with van der Waals surface area (Å²) in [6.07, 6.45) is 7.63. The molecule has 0 saturated carbocycles. The summed E-state index contributed by atoms with van der Waals surface area (Å²) in [7, 11) is 0. The Kier molecular flexibility index (Phi) is 4.69. The molecule has 1 aliphatic rings. The number of nitrogens with zero attached hydrogens (tertiary/aromatic N) is 2. The third-order valence-corrected chi connectivity index (χ3v) is 3.46. The lowest BCUT2D eigenvalue weighted by Crippen LogP contribution is -2.47. The Morgan fingerprint density at radius 2 is 1.65 bits per heavy atom. The average molecular weight is 301 g/mol. The highest BCUT2D eigenvalue weighted by molar-refractivity contribution is 6.10. The van der Waals surface area contributed by atoms with Gasteiger partial charge in [0.05, 0.1) is 17.9 Å². The molecule has 0 unspecified atom stereocenters. The van der Waals surface area contributed by atoms with E-state index in [1.165, 1.54) is 0 Å². The van der Waals surface area contributed by atoms with Crippen LogP contribution in [0.15, 0.2) is 102 Å². The van der Waals surface area contributed by atoms with E-state index in [-0.39, 0.29) is 0 Å². The van der Waals surface area contributed by atoms with Gasteiger partial charge in [-0.2, -0.15) is 0 Å². The van der Waals surface area contributed by atoms with Crippen LogP contribution in [0.1, 0.15) is 5.56 Å². The number of benzene rings is 2. The lowest BCUT2D eigenvalue weighted by Gasteiger charge is -2.32. The molecule has 0 spiro atoms. The largest absolute Gasteiger partial charge is 0.295 e. The Labute approximate surface area is 137 Å². The van der Waals surface area contributed by atoms with Crippen molar-refractivity contribution in [1.82, 2.24) is 5.43 Å². The molecule has 2 aromatic carbocycles. The quantitative estimate of drug-likeness (QED) is 0.862. The van der Waals surface area contributed by atoms with Crippen LogP contribution >= 0.6 is 0 Å². The van der Waals surface area contributed by atoms with Gasteiger partial charge in [-0.3, -0.25) is 10.4 Å². The third-order valence-electron chi connectivity index (χ3n) is 3.46. The van der Waals surface area contributed by atoms with E-state index in [1.807, 2.05) is 59.6 Å². The molecule has 1 aliphatic heterocycles. The maximum Gasteiger partial charge on any atom is 0.154 e. The number of rotatable bonds is 4. The molecule has 0 atom stereocenters. The van der Waals surface area contributed by atoms with Crippen molar-refractivity contribution in [1.29, 1.82) is 0 Å². The molecule has 0 amide bonds. The fourth-order valence-electron chi connectivity index (χ4n) is 2.37. The van der Waals surface area contributed by atoms with Gasteiger partial charge in [0, 0.05) is 5.56 Å². The molecule has 0 radical (unpaired) electrons. The van der Waals surface area contributed by atoms with Gasteiger partial charge in [-0.25, -0.2) is 5.01 Å². The Hall–Kier alpha value is -3.07. The molecule has 0 fully saturated rings. The van der Waals surface area contributed by atoms with E-state index < -0.39 is 0 Å². The van der Waals surface area contributed by atoms with E-state index in [0.717, 1.165) is 22.8 Å². The minimum Gasteiger partial charge on any atom is -0.295 e. The maximum atomic E-state index is 4.77. The van der Waals surface area contributed by atoms with Gasteiger partial charge in [0.1, 0.15) is 0 Å². The Morgan fingerprint density at radius 3 is 2.35 bits per heavy atom. The first-order valence-corrected chi connectivity index (χ1v) is 7.58. The molecule has 1 heterocycles. The van der Waals surface area contributed by atoms with Crippen molar-refractivity contribution in [3.8, 4) is 0 Å². The summed E-state index contributed by atoms with van der Waals surface area (Å²) >= 11 is 0. The Bertz CT molecular complexity index is 743. The first-order chi connectivity index (χ1) is 11.4. The summed E-state index contributed by atoms with van der Waals surface area (Å²) in [6, 6.07) is 20.4. The molecule has 0 bridgehead atoms. The molecule has 0 aliphatic carbocycles. The van der Waals surface area contributed by atoms with Gasteiger partial charge in [-0.1, -0.05) is 73.3 Å². The van der Waals surface area contributed by atoms with E-state index >= 15 is 0 Å². The number of hydrogen-bond donors (Lipinski definition) is 1. The second kappa shape index (κ2) is 7.27. The summed E-state index contributed by atoms with van der Waals surface area (Å²) in [5, 5.41) is 2.02. The number of para-hydroxylation sites is 1. The summed E-state index contributed by atoms with van der Waals surface area (Å²) < 4.78 is 0. The minimum absolute atomic E-state index is 0.620. The van der Waals surface area contributed by atoms with Crippen molar-refractivity contribution in [2.75, 3.05) is 11.6 Å². The van der Waals surface area contributed by atoms with Crippen LogP contribution in [0.4, 0.5) is 5.69 Å². The summed E-state index contributed by atoms with van der Waals surface area (Å²) in [6.45, 7) is 4.30. The van der Waals surface area contributed by atoms with E-state index in [4.69, 9.17) is 4.99 Å². The molecule has 0 aromatic heterocycles. The molecule has 3 nitrogen and oxygen atoms in total. The molecular weight excluding hydrogens is 282 g/mol. The Morgan fingerprint density at radius 1 is 0.957 bits per heavy atom. The fourth-order valence-corrected chi connectivity index (χ4v) is 2.37. The average Bonchev–Trinajstić information content (AvgIpc) is 2.63. The molecule has 1 N–H and O–H groups in total. The van der Waals surface area contributed by atoms with E-state index in [2.05, 4.69) is 36.3 Å². The zero-order valence-corrected chi connectivity index (χ0v) is 12.9. The van der Waals surface area contributed by atoms with Crippen LogP contribution < -0.4 is 10.4 Å². The number of anilines is 1. The van der Waals surface area contributed by atoms with Gasteiger partial charge in [0.15, 0.2) is 5.84 Å². The maximum absolute atomic E-state index is 4.77. The van der Waals surface area contributed by atoms with Crippen molar-refractivity contribution in [3.05, 3.63) is 103 Å². The van der Waals surface area contributed by atoms with Gasteiger partial charge in [0.25, 0.3) is 0 Å². The number of allylic oxidation sites excluding steroid dienone is 4. The molecular formula is C20H19N3. The van der Waals surface area contributed by atoms with Gasteiger partial charge in [-0.05, 0) is 18.2 Å². The third kappa shape index (κ3) is 3.58. The summed E-state index contributed by atoms with van der Waals surface area (Å²) in [4.78, 5) is 4.77. The Balaban J connectivity index is 1.97. The SMILES string of the molecule is C=C/C=C/C=C1/CN=C(c2ccccc2)N(c2ccccc2)N1. The first-order valence-electron chi connectivity index (χ1n) is 7.58. The summed E-state index contributed by atoms with van der Waals surface area (Å²) in [5.74, 6) is 0.918. The zero-order valence-electron chi connectivity index (χ0n) is 12.9. The predicted molar refractivity (Wildman–Crippen MR) is 97.3 cm³/mol. The van der Waals surface area contributed by atoms with Crippen LogP contribution in [0.5, 0.6) is 0 Å². The van der Waals surface area contributed by atoms with Gasteiger partial charge in [-0.15, -0.1) is 0 Å². The normalized spacial score (nSPS) is 16.3. The molecule has 114 valence electrons. The van der Waals surface area contributed by atoms with Crippen LogP contribution in [0.25, 0.3) is 0 Å². The number of hydrazine groups is 1. The molecule has 3 heteroatoms. The van der Waals surface area contributed by atoms with Gasteiger partial charge >= 0.3 is 0 Å². The van der Waals surface area contributed by atoms with Crippen LogP contribution in [-0.4, -0.2) is 12.4 Å². The van der Waals surface area contributed by atoms with Crippen molar-refractivity contribution in [2.45, 2.75) is 0 Å². The highest BCUT2D eigenvalue weighted by Gasteiger charge is 2.20. The number of nitrogens with one attached hydrogen (secondary N) is 1. The smallest absolute Gasteiger partial charge is 0.154 e. The van der Waals surface area contributed by atoms with Crippen LogP contribution in [0.3, 0.4) is 0 Å². The van der Waals surface area contributed by atoms with Crippen molar-refractivity contribution in [2.24, 2.45) is 4.99 Å². The fraction of sp³-hybridized carbons (Fsp3) is 0.0500. The second-order valence-electron chi connectivity index (χ2n) is 5.10. The molecule has 2 aromatic rings. The standard InChI is InChI=1S/C20H19N3/c1-2-3-6-13-18-16-21-20(17-11-7-4-8-12-17)23(22-18)19-14-9-5-10-15-19/h2-15,22H,1,16H2/b6-3+,18-13-. The number of amidine groups is 1. The van der Waals surface area contributed by atoms with Crippen LogP contribution in [0, 0.1) is 0 Å². The van der Waals surface area contributed by atoms with Crippen molar-refractivity contribution in [3.63, 3.8) is 0 Å². The first kappa shape index (κ1) is 14.9. The molecule has 3 rings (SSSR count). The lowest BCUT2D eigenvalue weighted by atomic mass is 10.1. The van der Waals surface area contributed by atoms with Crippen molar-refractivity contribution < 1.29 is 0 Å². The zero-order chi connectivity index (χ0) is 15.9. The highest BCUT2D eigenvalue weighted by Crippen LogP contribution is 2.19. The highest BCUT2D eigenvalue weighted by atomic mass is 15.5. The van der Waals surface area contributed by atoms with Crippen molar-refractivity contribution >= 4 is 11.5 Å². The minimum atomic E-state index is 0.620. The van der Waals surface area contributed by atoms with Gasteiger partial charge in [0.2, 0.25) is 0 Å². The van der Waals surface area contributed by atoms with Crippen LogP contribution in [0.2, 0.25) is 0 Å². The van der Waals surface area contributed by atoms with Crippen LogP contribution in [-0.2, 0) is 0 Å². The monoisotopic (exact) mass is 301 g/mol. The topological polar surface area (TPSA) is 27.6 Å². The van der Waals surface area contributed by atoms with E-state index in [1.54, 1.807) is 6.08 Å². The lowest BCUT2D eigenvalue weighted by molar-refractivity contribution is 0.784. The van der Waals surface area contributed by atoms with E-state index in [9.17, 15) is 0 Å². The number of aliphatic imine (C=N–C) groups is 1.